The standard InChI is InChI=1S/C16H24N4O3S/c1-4-8-18-11-5-6-13-12(10-11)16(2)14(7-9-23-13)24(21,22)20(3)15(17)19-16/h5-6,10,14,18H,4,7-9H2,1-3H3,(H2,17,19)/t14?,16-/m1/s1. The van der Waals surface area contributed by atoms with Crippen LogP contribution in [-0.2, 0) is 15.6 Å². The third-order valence-corrected chi connectivity index (χ3v) is 7.21. The van der Waals surface area contributed by atoms with Crippen molar-refractivity contribution in [1.29, 1.82) is 5.41 Å². The number of nitrogens with zero attached hydrogens (tertiary/aromatic N) is 1. The van der Waals surface area contributed by atoms with Gasteiger partial charge in [0.25, 0.3) is 0 Å². The average Bonchev–Trinajstić information content (AvgIpc) is 2.68. The molecule has 0 bridgehead atoms. The van der Waals surface area contributed by atoms with E-state index in [-0.39, 0.29) is 5.96 Å². The van der Waals surface area contributed by atoms with Gasteiger partial charge >= 0.3 is 0 Å². The molecule has 3 N–H and O–H groups in total. The SMILES string of the molecule is CCCNc1ccc2c(c1)[C@@]1(C)NC(=N)N(C)S(=O)(=O)C1CCO2. The molecule has 3 rings (SSSR count). The maximum Gasteiger partial charge on any atom is 0.242 e. The maximum absolute atomic E-state index is 12.9. The molecule has 1 aromatic carbocycles. The summed E-state index contributed by atoms with van der Waals surface area (Å²) in [6.07, 6.45) is 1.37. The lowest BCUT2D eigenvalue weighted by Gasteiger charge is -2.45. The van der Waals surface area contributed by atoms with E-state index >= 15 is 0 Å². The summed E-state index contributed by atoms with van der Waals surface area (Å²) in [5, 5.41) is 13.8. The quantitative estimate of drug-likeness (QED) is 0.769. The fourth-order valence-corrected chi connectivity index (χ4v) is 5.27. The lowest BCUT2D eigenvalue weighted by molar-refractivity contribution is 0.303. The van der Waals surface area contributed by atoms with Crippen LogP contribution in [0.1, 0.15) is 32.3 Å². The number of rotatable bonds is 3. The average molecular weight is 352 g/mol. The highest BCUT2D eigenvalue weighted by Gasteiger charge is 2.53. The summed E-state index contributed by atoms with van der Waals surface area (Å²) in [6, 6.07) is 5.74. The monoisotopic (exact) mass is 352 g/mol. The number of hydrogen-bond acceptors (Lipinski definition) is 5. The van der Waals surface area contributed by atoms with Crippen molar-refractivity contribution in [2.75, 3.05) is 25.5 Å². The first-order valence-corrected chi connectivity index (χ1v) is 9.66. The van der Waals surface area contributed by atoms with Gasteiger partial charge in [0.2, 0.25) is 16.0 Å². The van der Waals surface area contributed by atoms with Crippen molar-refractivity contribution in [2.45, 2.75) is 37.5 Å². The van der Waals surface area contributed by atoms with Gasteiger partial charge in [0.15, 0.2) is 0 Å². The summed E-state index contributed by atoms with van der Waals surface area (Å²) in [5.74, 6) is 0.552. The van der Waals surface area contributed by atoms with Crippen LogP contribution in [0, 0.1) is 5.41 Å². The Kier molecular flexibility index (Phi) is 4.11. The first-order chi connectivity index (χ1) is 11.3. The Balaban J connectivity index is 2.12. The predicted molar refractivity (Wildman–Crippen MR) is 94.0 cm³/mol. The molecule has 1 fully saturated rings. The van der Waals surface area contributed by atoms with Crippen molar-refractivity contribution in [3.8, 4) is 5.75 Å². The van der Waals surface area contributed by atoms with E-state index < -0.39 is 20.8 Å². The molecule has 1 unspecified atom stereocenters. The number of sulfonamides is 1. The summed E-state index contributed by atoms with van der Waals surface area (Å²) in [6.45, 7) is 5.10. The summed E-state index contributed by atoms with van der Waals surface area (Å²) in [7, 11) is -2.21. The van der Waals surface area contributed by atoms with Crippen molar-refractivity contribution >= 4 is 21.7 Å². The van der Waals surface area contributed by atoms with Crippen LogP contribution in [0.3, 0.4) is 0 Å². The molecule has 2 aliphatic heterocycles. The largest absolute Gasteiger partial charge is 0.493 e. The summed E-state index contributed by atoms with van der Waals surface area (Å²) < 4.78 is 32.5. The van der Waals surface area contributed by atoms with Gasteiger partial charge in [0.05, 0.1) is 12.1 Å². The smallest absolute Gasteiger partial charge is 0.242 e. The topological polar surface area (TPSA) is 94.5 Å². The molecule has 0 aliphatic carbocycles. The van der Waals surface area contributed by atoms with E-state index in [2.05, 4.69) is 17.6 Å². The Morgan fingerprint density at radius 1 is 1.50 bits per heavy atom. The minimum atomic E-state index is -3.62. The van der Waals surface area contributed by atoms with Crippen LogP contribution < -0.4 is 15.4 Å². The van der Waals surface area contributed by atoms with Gasteiger partial charge in [0, 0.05) is 31.3 Å². The molecule has 1 saturated heterocycles. The van der Waals surface area contributed by atoms with Crippen LogP contribution in [0.5, 0.6) is 5.75 Å². The molecule has 7 nitrogen and oxygen atoms in total. The molecule has 0 aromatic heterocycles. The van der Waals surface area contributed by atoms with E-state index in [9.17, 15) is 8.42 Å². The lowest BCUT2D eigenvalue weighted by Crippen LogP contribution is -2.65. The van der Waals surface area contributed by atoms with Gasteiger partial charge < -0.3 is 15.4 Å². The van der Waals surface area contributed by atoms with E-state index in [1.165, 1.54) is 7.05 Å². The first-order valence-electron chi connectivity index (χ1n) is 8.16. The Hall–Kier alpha value is -1.96. The number of nitrogens with one attached hydrogen (secondary N) is 3. The molecular weight excluding hydrogens is 328 g/mol. The Labute approximate surface area is 142 Å². The number of anilines is 1. The second kappa shape index (κ2) is 5.84. The predicted octanol–water partition coefficient (Wildman–Crippen LogP) is 1.67. The molecule has 1 aromatic rings. The van der Waals surface area contributed by atoms with Crippen LogP contribution in [-0.4, -0.2) is 44.1 Å². The highest BCUT2D eigenvalue weighted by molar-refractivity contribution is 7.90. The van der Waals surface area contributed by atoms with Crippen molar-refractivity contribution in [1.82, 2.24) is 9.62 Å². The van der Waals surface area contributed by atoms with Gasteiger partial charge in [-0.2, -0.15) is 0 Å². The molecular formula is C16H24N4O3S. The lowest BCUT2D eigenvalue weighted by atomic mass is 9.86. The van der Waals surface area contributed by atoms with E-state index in [1.54, 1.807) is 0 Å². The van der Waals surface area contributed by atoms with Gasteiger partial charge in [-0.05, 0) is 31.5 Å². The highest BCUT2D eigenvalue weighted by Crippen LogP contribution is 2.43. The Morgan fingerprint density at radius 3 is 2.96 bits per heavy atom. The fourth-order valence-electron chi connectivity index (χ4n) is 3.42. The summed E-state index contributed by atoms with van der Waals surface area (Å²) in [5.41, 5.74) is 0.788. The van der Waals surface area contributed by atoms with Gasteiger partial charge in [-0.1, -0.05) is 6.92 Å². The third-order valence-electron chi connectivity index (χ3n) is 4.83. The minimum Gasteiger partial charge on any atom is -0.493 e. The van der Waals surface area contributed by atoms with Crippen LogP contribution in [0.4, 0.5) is 5.69 Å². The molecule has 0 radical (unpaired) electrons. The number of benzene rings is 1. The van der Waals surface area contributed by atoms with E-state index in [1.807, 2.05) is 25.1 Å². The van der Waals surface area contributed by atoms with Gasteiger partial charge in [-0.25, -0.2) is 12.7 Å². The van der Waals surface area contributed by atoms with E-state index in [4.69, 9.17) is 10.1 Å². The molecule has 0 amide bonds. The van der Waals surface area contributed by atoms with Gasteiger partial charge in [-0.3, -0.25) is 5.41 Å². The fraction of sp³-hybridized carbons (Fsp3) is 0.562. The summed E-state index contributed by atoms with van der Waals surface area (Å²) in [4.78, 5) is 0. The zero-order valence-corrected chi connectivity index (χ0v) is 15.0. The zero-order chi connectivity index (χ0) is 17.5. The Bertz CT molecular complexity index is 765. The second-order valence-corrected chi connectivity index (χ2v) is 8.60. The molecule has 2 atom stereocenters. The van der Waals surface area contributed by atoms with Crippen LogP contribution >= 0.6 is 0 Å². The molecule has 2 heterocycles. The highest BCUT2D eigenvalue weighted by atomic mass is 32.2. The van der Waals surface area contributed by atoms with Crippen molar-refractivity contribution in [3.63, 3.8) is 0 Å². The van der Waals surface area contributed by atoms with E-state index in [0.717, 1.165) is 28.5 Å². The van der Waals surface area contributed by atoms with Crippen molar-refractivity contribution < 1.29 is 13.2 Å². The van der Waals surface area contributed by atoms with Crippen molar-refractivity contribution in [3.05, 3.63) is 23.8 Å². The zero-order valence-electron chi connectivity index (χ0n) is 14.2. The molecule has 8 heteroatoms. The molecule has 132 valence electrons. The van der Waals surface area contributed by atoms with Gasteiger partial charge in [-0.15, -0.1) is 0 Å². The molecule has 0 spiro atoms. The van der Waals surface area contributed by atoms with Crippen LogP contribution in [0.25, 0.3) is 0 Å². The van der Waals surface area contributed by atoms with Crippen LogP contribution in [0.15, 0.2) is 18.2 Å². The Morgan fingerprint density at radius 2 is 2.25 bits per heavy atom. The van der Waals surface area contributed by atoms with E-state index in [0.29, 0.717) is 18.8 Å². The summed E-state index contributed by atoms with van der Waals surface area (Å²) >= 11 is 0. The number of fused-ring (bicyclic) bond motifs is 3. The maximum atomic E-state index is 12.9. The van der Waals surface area contributed by atoms with Crippen molar-refractivity contribution in [2.24, 2.45) is 0 Å². The molecule has 24 heavy (non-hydrogen) atoms. The normalized spacial score (nSPS) is 28.0. The second-order valence-electron chi connectivity index (χ2n) is 6.45. The third kappa shape index (κ3) is 2.49. The molecule has 2 aliphatic rings. The van der Waals surface area contributed by atoms with Gasteiger partial charge in [0.1, 0.15) is 11.0 Å². The first kappa shape index (κ1) is 16.9. The van der Waals surface area contributed by atoms with Crippen LogP contribution in [0.2, 0.25) is 0 Å². The number of guanidine groups is 1. The number of hydrogen-bond donors (Lipinski definition) is 3. The molecule has 0 saturated carbocycles. The number of ether oxygens (including phenoxy) is 1. The minimum absolute atomic E-state index is 0.117.